The van der Waals surface area contributed by atoms with E-state index in [2.05, 4.69) is 19.2 Å². The lowest BCUT2D eigenvalue weighted by Crippen LogP contribution is -2.51. The van der Waals surface area contributed by atoms with Gasteiger partial charge in [0.2, 0.25) is 0 Å². The van der Waals surface area contributed by atoms with Crippen molar-refractivity contribution in [1.29, 1.82) is 0 Å². The SMILES string of the molecule is CC(C)(Sc1cccc(C(F)(F)F)c1)C1CNC1. The van der Waals surface area contributed by atoms with Crippen molar-refractivity contribution in [2.75, 3.05) is 13.1 Å². The Morgan fingerprint density at radius 2 is 1.89 bits per heavy atom. The van der Waals surface area contributed by atoms with Crippen LogP contribution < -0.4 is 5.32 Å². The fraction of sp³-hybridized carbons (Fsp3) is 0.538. The molecule has 5 heteroatoms. The second-order valence-electron chi connectivity index (χ2n) is 5.09. The first-order chi connectivity index (χ1) is 8.29. The maximum absolute atomic E-state index is 12.6. The summed E-state index contributed by atoms with van der Waals surface area (Å²) < 4.78 is 37.8. The molecule has 2 rings (SSSR count). The molecule has 100 valence electrons. The Labute approximate surface area is 109 Å². The smallest absolute Gasteiger partial charge is 0.316 e. The van der Waals surface area contributed by atoms with Crippen LogP contribution in [0.4, 0.5) is 13.2 Å². The molecule has 1 aliphatic heterocycles. The fourth-order valence-electron chi connectivity index (χ4n) is 1.90. The van der Waals surface area contributed by atoms with Gasteiger partial charge in [0.25, 0.3) is 0 Å². The van der Waals surface area contributed by atoms with Gasteiger partial charge in [-0.2, -0.15) is 13.2 Å². The van der Waals surface area contributed by atoms with Crippen molar-refractivity contribution in [2.24, 2.45) is 5.92 Å². The first-order valence-corrected chi connectivity index (χ1v) is 6.68. The summed E-state index contributed by atoms with van der Waals surface area (Å²) in [5.74, 6) is 0.511. The molecule has 0 atom stereocenters. The molecule has 0 amide bonds. The van der Waals surface area contributed by atoms with Gasteiger partial charge in [-0.25, -0.2) is 0 Å². The van der Waals surface area contributed by atoms with E-state index in [1.165, 1.54) is 23.9 Å². The zero-order chi connectivity index (χ0) is 13.4. The quantitative estimate of drug-likeness (QED) is 0.842. The predicted octanol–water partition coefficient (Wildman–Crippen LogP) is 3.80. The Hall–Kier alpha value is -0.680. The standard InChI is InChI=1S/C13H16F3NS/c1-12(2,10-7-17-8-10)18-11-5-3-4-9(6-11)13(14,15)16/h3-6,10,17H,7-8H2,1-2H3. The summed E-state index contributed by atoms with van der Waals surface area (Å²) in [5.41, 5.74) is -0.574. The third-order valence-electron chi connectivity index (χ3n) is 3.31. The van der Waals surface area contributed by atoms with Gasteiger partial charge in [-0.15, -0.1) is 11.8 Å². The number of halogens is 3. The van der Waals surface area contributed by atoms with Crippen molar-refractivity contribution in [3.63, 3.8) is 0 Å². The van der Waals surface area contributed by atoms with E-state index in [4.69, 9.17) is 0 Å². The Balaban J connectivity index is 2.14. The first-order valence-electron chi connectivity index (χ1n) is 5.86. The molecule has 1 aliphatic rings. The molecule has 0 aromatic heterocycles. The van der Waals surface area contributed by atoms with E-state index in [-0.39, 0.29) is 4.75 Å². The minimum Gasteiger partial charge on any atom is -0.316 e. The summed E-state index contributed by atoms with van der Waals surface area (Å²) in [4.78, 5) is 0.682. The van der Waals surface area contributed by atoms with Crippen molar-refractivity contribution in [1.82, 2.24) is 5.32 Å². The average Bonchev–Trinajstić information content (AvgIpc) is 2.11. The number of hydrogen-bond acceptors (Lipinski definition) is 2. The molecule has 18 heavy (non-hydrogen) atoms. The van der Waals surface area contributed by atoms with Crippen LogP contribution in [0.1, 0.15) is 19.4 Å². The van der Waals surface area contributed by atoms with Crippen LogP contribution >= 0.6 is 11.8 Å². The Kier molecular flexibility index (Phi) is 3.65. The van der Waals surface area contributed by atoms with Crippen molar-refractivity contribution in [3.8, 4) is 0 Å². The topological polar surface area (TPSA) is 12.0 Å². The molecule has 1 aromatic rings. The van der Waals surface area contributed by atoms with E-state index in [1.807, 2.05) is 0 Å². The molecular formula is C13H16F3NS. The highest BCUT2D eigenvalue weighted by Crippen LogP contribution is 2.41. The Morgan fingerprint density at radius 1 is 1.22 bits per heavy atom. The molecule has 1 fully saturated rings. The Morgan fingerprint density at radius 3 is 2.39 bits per heavy atom. The van der Waals surface area contributed by atoms with Gasteiger partial charge in [0, 0.05) is 22.7 Å². The number of benzene rings is 1. The lowest BCUT2D eigenvalue weighted by atomic mass is 9.90. The summed E-state index contributed by atoms with van der Waals surface area (Å²) in [6.07, 6.45) is -4.27. The van der Waals surface area contributed by atoms with E-state index >= 15 is 0 Å². The van der Waals surface area contributed by atoms with E-state index in [9.17, 15) is 13.2 Å². The maximum atomic E-state index is 12.6. The summed E-state index contributed by atoms with van der Waals surface area (Å²) in [6, 6.07) is 5.56. The number of rotatable bonds is 3. The van der Waals surface area contributed by atoms with Crippen molar-refractivity contribution >= 4 is 11.8 Å². The van der Waals surface area contributed by atoms with Crippen LogP contribution in [0.3, 0.4) is 0 Å². The Bertz CT molecular complexity index is 424. The third-order valence-corrected chi connectivity index (χ3v) is 4.66. The second kappa shape index (κ2) is 4.78. The molecule has 1 saturated heterocycles. The summed E-state index contributed by atoms with van der Waals surface area (Å²) in [6.45, 7) is 6.06. The van der Waals surface area contributed by atoms with Gasteiger partial charge in [0.15, 0.2) is 0 Å². The lowest BCUT2D eigenvalue weighted by Gasteiger charge is -2.40. The zero-order valence-electron chi connectivity index (χ0n) is 10.3. The van der Waals surface area contributed by atoms with Gasteiger partial charge >= 0.3 is 6.18 Å². The fourth-order valence-corrected chi connectivity index (χ4v) is 3.18. The van der Waals surface area contributed by atoms with Crippen LogP contribution in [0, 0.1) is 5.92 Å². The van der Waals surface area contributed by atoms with E-state index in [0.29, 0.717) is 10.8 Å². The van der Waals surface area contributed by atoms with Crippen LogP contribution in [-0.4, -0.2) is 17.8 Å². The summed E-state index contributed by atoms with van der Waals surface area (Å²) >= 11 is 1.52. The van der Waals surface area contributed by atoms with Gasteiger partial charge < -0.3 is 5.32 Å². The molecule has 0 unspecified atom stereocenters. The highest BCUT2D eigenvalue weighted by molar-refractivity contribution is 8.00. The van der Waals surface area contributed by atoms with Gasteiger partial charge in [0.1, 0.15) is 0 Å². The van der Waals surface area contributed by atoms with Crippen LogP contribution in [-0.2, 0) is 6.18 Å². The van der Waals surface area contributed by atoms with Crippen LogP contribution in [0.25, 0.3) is 0 Å². The zero-order valence-corrected chi connectivity index (χ0v) is 11.2. The van der Waals surface area contributed by atoms with Crippen LogP contribution in [0.2, 0.25) is 0 Å². The van der Waals surface area contributed by atoms with Gasteiger partial charge in [0.05, 0.1) is 5.56 Å². The van der Waals surface area contributed by atoms with Crippen LogP contribution in [0.15, 0.2) is 29.2 Å². The van der Waals surface area contributed by atoms with E-state index in [1.54, 1.807) is 6.07 Å². The summed E-state index contributed by atoms with van der Waals surface area (Å²) in [7, 11) is 0. The number of hydrogen-bond donors (Lipinski definition) is 1. The first kappa shape index (κ1) is 13.7. The van der Waals surface area contributed by atoms with Crippen molar-refractivity contribution in [3.05, 3.63) is 29.8 Å². The molecule has 0 saturated carbocycles. The molecule has 0 radical (unpaired) electrons. The minimum absolute atomic E-state index is 0.0462. The molecule has 1 nitrogen and oxygen atoms in total. The number of alkyl halides is 3. The highest BCUT2D eigenvalue weighted by Gasteiger charge is 2.35. The largest absolute Gasteiger partial charge is 0.416 e. The molecule has 0 aliphatic carbocycles. The number of nitrogens with one attached hydrogen (secondary N) is 1. The molecular weight excluding hydrogens is 259 g/mol. The predicted molar refractivity (Wildman–Crippen MR) is 67.7 cm³/mol. The van der Waals surface area contributed by atoms with Crippen molar-refractivity contribution < 1.29 is 13.2 Å². The van der Waals surface area contributed by atoms with E-state index < -0.39 is 11.7 Å². The molecule has 1 aromatic carbocycles. The molecule has 1 N–H and O–H groups in total. The third kappa shape index (κ3) is 3.01. The van der Waals surface area contributed by atoms with Crippen LogP contribution in [0.5, 0.6) is 0 Å². The average molecular weight is 275 g/mol. The lowest BCUT2D eigenvalue weighted by molar-refractivity contribution is -0.137. The normalized spacial score (nSPS) is 17.6. The van der Waals surface area contributed by atoms with Crippen molar-refractivity contribution in [2.45, 2.75) is 29.7 Å². The molecule has 0 spiro atoms. The number of thioether (sulfide) groups is 1. The minimum atomic E-state index is -4.27. The summed E-state index contributed by atoms with van der Waals surface area (Å²) in [5, 5.41) is 3.20. The molecule has 1 heterocycles. The maximum Gasteiger partial charge on any atom is 0.416 e. The van der Waals surface area contributed by atoms with Gasteiger partial charge in [-0.1, -0.05) is 6.07 Å². The highest BCUT2D eigenvalue weighted by atomic mass is 32.2. The monoisotopic (exact) mass is 275 g/mol. The van der Waals surface area contributed by atoms with Gasteiger partial charge in [-0.05, 0) is 38.0 Å². The van der Waals surface area contributed by atoms with Gasteiger partial charge in [-0.3, -0.25) is 0 Å². The second-order valence-corrected chi connectivity index (χ2v) is 6.81. The van der Waals surface area contributed by atoms with E-state index in [0.717, 1.165) is 19.2 Å². The molecule has 0 bridgehead atoms.